The zero-order valence-corrected chi connectivity index (χ0v) is 18.2. The number of rotatable bonds is 7. The van der Waals surface area contributed by atoms with Gasteiger partial charge in [-0.2, -0.15) is 0 Å². The largest absolute Gasteiger partial charge is 0.334 e. The lowest BCUT2D eigenvalue weighted by atomic mass is 9.96. The molecule has 0 radical (unpaired) electrons. The second kappa shape index (κ2) is 8.77. The van der Waals surface area contributed by atoms with Gasteiger partial charge in [-0.3, -0.25) is 4.90 Å². The number of likely N-dealkylation sites (tertiary alicyclic amines) is 1. The quantitative estimate of drug-likeness (QED) is 0.574. The Labute approximate surface area is 176 Å². The predicted molar refractivity (Wildman–Crippen MR) is 115 cm³/mol. The Morgan fingerprint density at radius 1 is 1.10 bits per heavy atom. The second-order valence-corrected chi connectivity index (χ2v) is 10.7. The highest BCUT2D eigenvalue weighted by Crippen LogP contribution is 2.28. The summed E-state index contributed by atoms with van der Waals surface area (Å²) in [6, 6.07) is 7.07. The van der Waals surface area contributed by atoms with E-state index in [1.54, 1.807) is 29.7 Å². The molecule has 3 heterocycles. The number of aromatic nitrogens is 3. The number of benzene rings is 1. The lowest BCUT2D eigenvalue weighted by molar-refractivity contribution is 0.200. The van der Waals surface area contributed by atoms with Crippen LogP contribution in [0, 0.1) is 6.92 Å². The average Bonchev–Trinajstić information content (AvgIpc) is 3.39. The molecule has 1 aromatic carbocycles. The first-order valence-corrected chi connectivity index (χ1v) is 12.5. The molecule has 0 unspecified atom stereocenters. The Morgan fingerprint density at radius 3 is 2.55 bits per heavy atom. The summed E-state index contributed by atoms with van der Waals surface area (Å²) in [4.78, 5) is 11.8. The molecule has 0 amide bonds. The number of piperidine rings is 1. The number of hydrogen-bond donors (Lipinski definition) is 0. The number of imidazole rings is 1. The summed E-state index contributed by atoms with van der Waals surface area (Å²) in [7, 11) is -3.30. The fourth-order valence-corrected chi connectivity index (χ4v) is 5.70. The van der Waals surface area contributed by atoms with Crippen LogP contribution in [0.1, 0.15) is 35.2 Å². The summed E-state index contributed by atoms with van der Waals surface area (Å²) in [5, 5.41) is 3.18. The summed E-state index contributed by atoms with van der Waals surface area (Å²) in [6.45, 7) is 5.33. The van der Waals surface area contributed by atoms with Crippen LogP contribution in [0.15, 0.2) is 53.1 Å². The van der Waals surface area contributed by atoms with E-state index in [-0.39, 0.29) is 5.75 Å². The van der Waals surface area contributed by atoms with Crippen LogP contribution >= 0.6 is 11.3 Å². The van der Waals surface area contributed by atoms with Gasteiger partial charge >= 0.3 is 0 Å². The average molecular weight is 431 g/mol. The fourth-order valence-electron chi connectivity index (χ4n) is 3.82. The molecule has 0 bridgehead atoms. The number of nitrogens with zero attached hydrogens (tertiary/aromatic N) is 4. The lowest BCUT2D eigenvalue weighted by Crippen LogP contribution is -2.33. The highest BCUT2D eigenvalue weighted by Gasteiger charge is 2.25. The topological polar surface area (TPSA) is 68.1 Å². The molecular formula is C21H26N4O2S2. The van der Waals surface area contributed by atoms with E-state index in [1.165, 1.54) is 0 Å². The molecule has 154 valence electrons. The summed E-state index contributed by atoms with van der Waals surface area (Å²) in [5.74, 6) is 1.47. The third kappa shape index (κ3) is 4.94. The molecule has 1 saturated heterocycles. The van der Waals surface area contributed by atoms with E-state index >= 15 is 0 Å². The van der Waals surface area contributed by atoms with E-state index in [2.05, 4.69) is 14.9 Å². The lowest BCUT2D eigenvalue weighted by Gasteiger charge is -2.31. The molecule has 3 aromatic rings. The number of thiazole rings is 1. The SMILES string of the molecule is Cc1ccc(S(=O)(=O)CCn2ccnc2C2CCN(Cc3nccs3)CC2)cc1. The maximum Gasteiger partial charge on any atom is 0.180 e. The molecule has 8 heteroatoms. The second-order valence-electron chi connectivity index (χ2n) is 7.59. The third-order valence-corrected chi connectivity index (χ3v) is 8.00. The van der Waals surface area contributed by atoms with Gasteiger partial charge in [0.25, 0.3) is 0 Å². The number of sulfone groups is 1. The van der Waals surface area contributed by atoms with Crippen LogP contribution in [-0.4, -0.2) is 46.7 Å². The molecule has 0 atom stereocenters. The van der Waals surface area contributed by atoms with E-state index in [1.807, 2.05) is 41.4 Å². The van der Waals surface area contributed by atoms with Crippen molar-refractivity contribution in [2.45, 2.75) is 43.7 Å². The zero-order chi connectivity index (χ0) is 20.3. The molecule has 6 nitrogen and oxygen atoms in total. The minimum Gasteiger partial charge on any atom is -0.334 e. The highest BCUT2D eigenvalue weighted by molar-refractivity contribution is 7.91. The maximum absolute atomic E-state index is 12.7. The molecule has 0 N–H and O–H groups in total. The summed E-state index contributed by atoms with van der Waals surface area (Å²) in [6.07, 6.45) is 7.62. The van der Waals surface area contributed by atoms with E-state index in [0.717, 1.165) is 48.9 Å². The molecule has 4 rings (SSSR count). The van der Waals surface area contributed by atoms with E-state index in [4.69, 9.17) is 0 Å². The molecule has 1 aliphatic heterocycles. The molecule has 1 aliphatic rings. The van der Waals surface area contributed by atoms with Crippen molar-refractivity contribution in [3.8, 4) is 0 Å². The fraction of sp³-hybridized carbons (Fsp3) is 0.429. The Balaban J connectivity index is 1.36. The van der Waals surface area contributed by atoms with Crippen molar-refractivity contribution in [3.05, 3.63) is 64.6 Å². The first-order valence-electron chi connectivity index (χ1n) is 9.92. The standard InChI is InChI=1S/C21H26N4O2S2/c1-17-2-4-19(5-3-17)29(26,27)15-13-25-12-8-23-21(25)18-6-10-24(11-7-18)16-20-22-9-14-28-20/h2-5,8-9,12,14,18H,6-7,10-11,13,15-16H2,1H3. The van der Waals surface area contributed by atoms with Crippen molar-refractivity contribution in [2.24, 2.45) is 0 Å². The van der Waals surface area contributed by atoms with Gasteiger partial charge in [0.1, 0.15) is 10.8 Å². The molecule has 29 heavy (non-hydrogen) atoms. The number of hydrogen-bond acceptors (Lipinski definition) is 6. The van der Waals surface area contributed by atoms with Gasteiger partial charge in [0.15, 0.2) is 9.84 Å². The summed E-state index contributed by atoms with van der Waals surface area (Å²) >= 11 is 1.70. The van der Waals surface area contributed by atoms with Crippen LogP contribution in [-0.2, 0) is 22.9 Å². The van der Waals surface area contributed by atoms with Crippen molar-refractivity contribution in [3.63, 3.8) is 0 Å². The molecule has 1 fully saturated rings. The maximum atomic E-state index is 12.7. The minimum atomic E-state index is -3.30. The summed E-state index contributed by atoms with van der Waals surface area (Å²) < 4.78 is 27.4. The van der Waals surface area contributed by atoms with Gasteiger partial charge in [-0.25, -0.2) is 18.4 Å². The Bertz CT molecular complexity index is 1020. The predicted octanol–water partition coefficient (Wildman–Crippen LogP) is 3.50. The van der Waals surface area contributed by atoms with Gasteiger partial charge in [0, 0.05) is 36.4 Å². The summed E-state index contributed by atoms with van der Waals surface area (Å²) in [5.41, 5.74) is 1.06. The van der Waals surface area contributed by atoms with E-state index in [9.17, 15) is 8.42 Å². The van der Waals surface area contributed by atoms with Crippen molar-refractivity contribution >= 4 is 21.2 Å². The Morgan fingerprint density at radius 2 is 1.86 bits per heavy atom. The van der Waals surface area contributed by atoms with Crippen molar-refractivity contribution in [2.75, 3.05) is 18.8 Å². The highest BCUT2D eigenvalue weighted by atomic mass is 32.2. The van der Waals surface area contributed by atoms with Crippen molar-refractivity contribution in [1.29, 1.82) is 0 Å². The van der Waals surface area contributed by atoms with Gasteiger partial charge in [-0.05, 0) is 45.0 Å². The van der Waals surface area contributed by atoms with Crippen LogP contribution in [0.4, 0.5) is 0 Å². The van der Waals surface area contributed by atoms with Gasteiger partial charge in [0.2, 0.25) is 0 Å². The van der Waals surface area contributed by atoms with Crippen LogP contribution < -0.4 is 0 Å². The zero-order valence-electron chi connectivity index (χ0n) is 16.6. The minimum absolute atomic E-state index is 0.0856. The molecular weight excluding hydrogens is 404 g/mol. The number of aryl methyl sites for hydroxylation is 2. The molecule has 2 aromatic heterocycles. The first-order chi connectivity index (χ1) is 14.0. The van der Waals surface area contributed by atoms with Crippen LogP contribution in [0.25, 0.3) is 0 Å². The van der Waals surface area contributed by atoms with Crippen LogP contribution in [0.3, 0.4) is 0 Å². The molecule has 0 spiro atoms. The van der Waals surface area contributed by atoms with Gasteiger partial charge in [-0.15, -0.1) is 11.3 Å². The van der Waals surface area contributed by atoms with Gasteiger partial charge < -0.3 is 4.57 Å². The normalized spacial score (nSPS) is 16.3. The Hall–Kier alpha value is -2.03. The van der Waals surface area contributed by atoms with Crippen molar-refractivity contribution < 1.29 is 8.42 Å². The molecule has 0 saturated carbocycles. The monoisotopic (exact) mass is 430 g/mol. The first kappa shape index (κ1) is 20.3. The Kier molecular flexibility index (Phi) is 6.12. The van der Waals surface area contributed by atoms with Crippen LogP contribution in [0.5, 0.6) is 0 Å². The van der Waals surface area contributed by atoms with E-state index in [0.29, 0.717) is 17.4 Å². The van der Waals surface area contributed by atoms with E-state index < -0.39 is 9.84 Å². The van der Waals surface area contributed by atoms with Gasteiger partial charge in [-0.1, -0.05) is 17.7 Å². The smallest absolute Gasteiger partial charge is 0.180 e. The third-order valence-electron chi connectivity index (χ3n) is 5.52. The molecule has 0 aliphatic carbocycles. The van der Waals surface area contributed by atoms with Crippen molar-refractivity contribution in [1.82, 2.24) is 19.4 Å². The van der Waals surface area contributed by atoms with Gasteiger partial charge in [0.05, 0.1) is 17.2 Å². The van der Waals surface area contributed by atoms with Crippen LogP contribution in [0.2, 0.25) is 0 Å².